The van der Waals surface area contributed by atoms with Crippen LogP contribution in [0.5, 0.6) is 0 Å². The molecule has 2 saturated heterocycles. The van der Waals surface area contributed by atoms with E-state index in [1.54, 1.807) is 11.8 Å². The normalized spacial score (nSPS) is 28.5. The lowest BCUT2D eigenvalue weighted by atomic mass is 9.72. The minimum Gasteiger partial charge on any atom is -0.390 e. The second-order valence-corrected chi connectivity index (χ2v) is 8.56. The molecule has 2 aliphatic heterocycles. The van der Waals surface area contributed by atoms with Crippen LogP contribution in [0.15, 0.2) is 24.3 Å². The van der Waals surface area contributed by atoms with Crippen molar-refractivity contribution in [3.8, 4) is 0 Å². The first-order chi connectivity index (χ1) is 12.2. The molecule has 1 aliphatic carbocycles. The van der Waals surface area contributed by atoms with Crippen molar-refractivity contribution in [2.45, 2.75) is 43.2 Å². The van der Waals surface area contributed by atoms with Gasteiger partial charge in [-0.05, 0) is 56.2 Å². The number of aliphatic hydroxyl groups excluding tert-OH is 1. The molecule has 2 heterocycles. The molecule has 5 heteroatoms. The Balaban J connectivity index is 1.61. The van der Waals surface area contributed by atoms with Crippen molar-refractivity contribution < 1.29 is 9.90 Å². The zero-order valence-corrected chi connectivity index (χ0v) is 15.8. The first kappa shape index (κ1) is 17.4. The van der Waals surface area contributed by atoms with E-state index in [4.69, 9.17) is 0 Å². The zero-order chi connectivity index (χ0) is 17.4. The van der Waals surface area contributed by atoms with Gasteiger partial charge in [0.25, 0.3) is 0 Å². The summed E-state index contributed by atoms with van der Waals surface area (Å²) < 4.78 is 0. The SMILES string of the molecule is CSCC(=O)N1CCC2(CC1)c1ccccc1[C@@H](N1CCCC1)[C@@H]2O. The van der Waals surface area contributed by atoms with Crippen LogP contribution >= 0.6 is 11.8 Å². The molecular weight excluding hydrogens is 332 g/mol. The summed E-state index contributed by atoms with van der Waals surface area (Å²) in [5.74, 6) is 0.793. The lowest BCUT2D eigenvalue weighted by Gasteiger charge is -2.43. The van der Waals surface area contributed by atoms with Gasteiger partial charge in [-0.2, -0.15) is 11.8 Å². The van der Waals surface area contributed by atoms with E-state index in [0.717, 1.165) is 39.0 Å². The number of hydrogen-bond donors (Lipinski definition) is 1. The third kappa shape index (κ3) is 2.81. The van der Waals surface area contributed by atoms with Gasteiger partial charge < -0.3 is 10.0 Å². The Morgan fingerprint density at radius 3 is 2.56 bits per heavy atom. The van der Waals surface area contributed by atoms with Gasteiger partial charge in [0.05, 0.1) is 17.9 Å². The van der Waals surface area contributed by atoms with Crippen LogP contribution in [-0.2, 0) is 10.2 Å². The molecule has 0 radical (unpaired) electrons. The predicted molar refractivity (Wildman–Crippen MR) is 102 cm³/mol. The quantitative estimate of drug-likeness (QED) is 0.899. The van der Waals surface area contributed by atoms with Gasteiger partial charge in [0.15, 0.2) is 0 Å². The maximum Gasteiger partial charge on any atom is 0.232 e. The van der Waals surface area contributed by atoms with E-state index in [1.165, 1.54) is 24.0 Å². The monoisotopic (exact) mass is 360 g/mol. The molecule has 2 atom stereocenters. The highest BCUT2D eigenvalue weighted by Crippen LogP contribution is 2.53. The molecule has 1 N–H and O–H groups in total. The third-order valence-electron chi connectivity index (χ3n) is 6.49. The van der Waals surface area contributed by atoms with Crippen molar-refractivity contribution in [1.82, 2.24) is 9.80 Å². The number of hydrogen-bond acceptors (Lipinski definition) is 4. The number of benzene rings is 1. The first-order valence-corrected chi connectivity index (χ1v) is 10.8. The Morgan fingerprint density at radius 2 is 1.88 bits per heavy atom. The number of piperidine rings is 1. The van der Waals surface area contributed by atoms with Crippen molar-refractivity contribution in [3.63, 3.8) is 0 Å². The number of aliphatic hydroxyl groups is 1. The molecule has 0 saturated carbocycles. The van der Waals surface area contributed by atoms with Crippen LogP contribution in [0.25, 0.3) is 0 Å². The van der Waals surface area contributed by atoms with E-state index in [-0.39, 0.29) is 23.5 Å². The van der Waals surface area contributed by atoms with Crippen molar-refractivity contribution in [3.05, 3.63) is 35.4 Å². The lowest BCUT2D eigenvalue weighted by Crippen LogP contribution is -2.51. The topological polar surface area (TPSA) is 43.8 Å². The second-order valence-electron chi connectivity index (χ2n) is 7.69. The van der Waals surface area contributed by atoms with Crippen LogP contribution in [0.1, 0.15) is 42.9 Å². The van der Waals surface area contributed by atoms with Gasteiger partial charge in [0.2, 0.25) is 5.91 Å². The number of fused-ring (bicyclic) bond motifs is 2. The number of amides is 1. The summed E-state index contributed by atoms with van der Waals surface area (Å²) in [4.78, 5) is 16.7. The maximum atomic E-state index is 12.2. The minimum atomic E-state index is -0.360. The van der Waals surface area contributed by atoms with Gasteiger partial charge in [-0.15, -0.1) is 0 Å². The summed E-state index contributed by atoms with van der Waals surface area (Å²) in [6.07, 6.45) is 5.82. The summed E-state index contributed by atoms with van der Waals surface area (Å²) in [6, 6.07) is 8.76. The number of carbonyl (C=O) groups excluding carboxylic acids is 1. The minimum absolute atomic E-state index is 0.132. The van der Waals surface area contributed by atoms with Gasteiger partial charge in [-0.1, -0.05) is 24.3 Å². The molecule has 2 fully saturated rings. The molecule has 4 nitrogen and oxygen atoms in total. The molecule has 25 heavy (non-hydrogen) atoms. The average Bonchev–Trinajstić information content (AvgIpc) is 3.23. The average molecular weight is 361 g/mol. The van der Waals surface area contributed by atoms with Crippen molar-refractivity contribution in [2.75, 3.05) is 38.2 Å². The highest BCUT2D eigenvalue weighted by atomic mass is 32.2. The fourth-order valence-electron chi connectivity index (χ4n) is 5.19. The summed E-state index contributed by atoms with van der Waals surface area (Å²) in [5, 5.41) is 11.4. The highest BCUT2D eigenvalue weighted by molar-refractivity contribution is 7.99. The largest absolute Gasteiger partial charge is 0.390 e. The Labute approximate surface area is 154 Å². The molecule has 1 amide bonds. The standard InChI is InChI=1S/C20H28N2O2S/c1-25-14-17(23)21-12-8-20(9-13-21)16-7-3-2-6-15(16)18(19(20)24)22-10-4-5-11-22/h2-3,6-7,18-19,24H,4-5,8-14H2,1H3/t18-,19+/m1/s1. The van der Waals surface area contributed by atoms with Crippen LogP contribution in [-0.4, -0.2) is 65.1 Å². The maximum absolute atomic E-state index is 12.2. The fraction of sp³-hybridized carbons (Fsp3) is 0.650. The highest BCUT2D eigenvalue weighted by Gasteiger charge is 2.54. The van der Waals surface area contributed by atoms with Gasteiger partial charge >= 0.3 is 0 Å². The van der Waals surface area contributed by atoms with E-state index in [9.17, 15) is 9.90 Å². The molecule has 0 bridgehead atoms. The van der Waals surface area contributed by atoms with Crippen LogP contribution in [0.4, 0.5) is 0 Å². The van der Waals surface area contributed by atoms with Crippen molar-refractivity contribution in [2.24, 2.45) is 0 Å². The van der Waals surface area contributed by atoms with Gasteiger partial charge in [-0.3, -0.25) is 9.69 Å². The van der Waals surface area contributed by atoms with E-state index in [1.807, 2.05) is 11.2 Å². The Hall–Kier alpha value is -1.04. The summed E-state index contributed by atoms with van der Waals surface area (Å²) in [7, 11) is 0. The molecule has 1 spiro atoms. The molecule has 0 unspecified atom stereocenters. The third-order valence-corrected chi connectivity index (χ3v) is 7.03. The van der Waals surface area contributed by atoms with Crippen LogP contribution in [0, 0.1) is 0 Å². The number of rotatable bonds is 3. The Morgan fingerprint density at radius 1 is 1.20 bits per heavy atom. The van der Waals surface area contributed by atoms with Crippen LogP contribution in [0.2, 0.25) is 0 Å². The molecular formula is C20H28N2O2S. The van der Waals surface area contributed by atoms with E-state index < -0.39 is 0 Å². The summed E-state index contributed by atoms with van der Waals surface area (Å²) >= 11 is 1.59. The van der Waals surface area contributed by atoms with E-state index >= 15 is 0 Å². The molecule has 4 rings (SSSR count). The van der Waals surface area contributed by atoms with Crippen molar-refractivity contribution in [1.29, 1.82) is 0 Å². The van der Waals surface area contributed by atoms with E-state index in [0.29, 0.717) is 5.75 Å². The number of nitrogens with zero attached hydrogens (tertiary/aromatic N) is 2. The summed E-state index contributed by atoms with van der Waals surface area (Å²) in [6.45, 7) is 3.70. The predicted octanol–water partition coefficient (Wildman–Crippen LogP) is 2.42. The van der Waals surface area contributed by atoms with Crippen LogP contribution < -0.4 is 0 Å². The number of carbonyl (C=O) groups is 1. The smallest absolute Gasteiger partial charge is 0.232 e. The molecule has 1 aromatic carbocycles. The lowest BCUT2D eigenvalue weighted by molar-refractivity contribution is -0.131. The Bertz CT molecular complexity index is 636. The summed E-state index contributed by atoms with van der Waals surface area (Å²) in [5.41, 5.74) is 2.47. The van der Waals surface area contributed by atoms with Gasteiger partial charge in [0.1, 0.15) is 0 Å². The number of likely N-dealkylation sites (tertiary alicyclic amines) is 2. The molecule has 136 valence electrons. The fourth-order valence-corrected chi connectivity index (χ4v) is 5.62. The van der Waals surface area contributed by atoms with Gasteiger partial charge in [0, 0.05) is 18.5 Å². The second kappa shape index (κ2) is 6.93. The first-order valence-electron chi connectivity index (χ1n) is 9.45. The van der Waals surface area contributed by atoms with E-state index in [2.05, 4.69) is 29.2 Å². The number of thioether (sulfide) groups is 1. The van der Waals surface area contributed by atoms with Gasteiger partial charge in [-0.25, -0.2) is 0 Å². The zero-order valence-electron chi connectivity index (χ0n) is 15.0. The molecule has 1 aromatic rings. The van der Waals surface area contributed by atoms with Crippen molar-refractivity contribution >= 4 is 17.7 Å². The Kier molecular flexibility index (Phi) is 4.82. The van der Waals surface area contributed by atoms with Crippen LogP contribution in [0.3, 0.4) is 0 Å². The molecule has 0 aromatic heterocycles. The molecule has 3 aliphatic rings.